The molecule has 8 nitrogen and oxygen atoms in total. The van der Waals surface area contributed by atoms with Crippen molar-refractivity contribution >= 4 is 50.9 Å². The molecule has 0 N–H and O–H groups in total. The van der Waals surface area contributed by atoms with E-state index in [1.807, 2.05) is 50.2 Å². The van der Waals surface area contributed by atoms with E-state index in [-0.39, 0.29) is 34.7 Å². The molecule has 0 aromatic heterocycles. The van der Waals surface area contributed by atoms with Gasteiger partial charge in [0.15, 0.2) is 0 Å². The number of ether oxygens (including phenoxy) is 2. The van der Waals surface area contributed by atoms with Crippen molar-refractivity contribution in [2.24, 2.45) is 0 Å². The fourth-order valence-electron chi connectivity index (χ4n) is 14.7. The van der Waals surface area contributed by atoms with Crippen LogP contribution in [0.15, 0.2) is 255 Å². The molecule has 0 bridgehead atoms. The van der Waals surface area contributed by atoms with E-state index in [4.69, 9.17) is 9.47 Å². The van der Waals surface area contributed by atoms with Crippen LogP contribution in [-0.4, -0.2) is 34.6 Å². The number of rotatable bonds is 10. The average molecular weight is 1160 g/mol. The van der Waals surface area contributed by atoms with Gasteiger partial charge in [-0.3, -0.25) is 24.1 Å². The third kappa shape index (κ3) is 7.99. The van der Waals surface area contributed by atoms with Gasteiger partial charge in [0.1, 0.15) is 23.0 Å². The highest BCUT2D eigenvalue weighted by Crippen LogP contribution is 2.58. The van der Waals surface area contributed by atoms with Gasteiger partial charge in [0.25, 0.3) is 23.6 Å². The Kier molecular flexibility index (Phi) is 11.9. The van der Waals surface area contributed by atoms with Crippen molar-refractivity contribution < 1.29 is 28.7 Å². The number of hydrogen-bond acceptors (Lipinski definition) is 6. The summed E-state index contributed by atoms with van der Waals surface area (Å²) in [6.45, 7) is 10.4. The van der Waals surface area contributed by atoms with Crippen molar-refractivity contribution in [3.05, 3.63) is 327 Å². The molecule has 2 heterocycles. The fraction of sp³-hybridized carbons (Fsp3) is 0.111. The first kappa shape index (κ1) is 53.5. The highest BCUT2D eigenvalue weighted by atomic mass is 16.5. The van der Waals surface area contributed by atoms with Crippen LogP contribution >= 0.6 is 0 Å². The molecule has 0 radical (unpaired) electrons. The zero-order valence-corrected chi connectivity index (χ0v) is 49.7. The first-order valence-electron chi connectivity index (χ1n) is 30.3. The Morgan fingerprint density at radius 2 is 0.663 bits per heavy atom. The van der Waals surface area contributed by atoms with Crippen LogP contribution in [-0.2, 0) is 16.2 Å². The topological polar surface area (TPSA) is 93.2 Å². The number of benzene rings is 12. The van der Waals surface area contributed by atoms with Gasteiger partial charge in [-0.05, 0) is 198 Å². The monoisotopic (exact) mass is 1150 g/mol. The first-order valence-corrected chi connectivity index (χ1v) is 30.3. The van der Waals surface area contributed by atoms with E-state index in [2.05, 4.69) is 203 Å². The van der Waals surface area contributed by atoms with Gasteiger partial charge >= 0.3 is 0 Å². The summed E-state index contributed by atoms with van der Waals surface area (Å²) in [6, 6.07) is 86.8. The second-order valence-electron chi connectivity index (χ2n) is 25.1. The van der Waals surface area contributed by atoms with Gasteiger partial charge in [0.2, 0.25) is 0 Å². The average Bonchev–Trinajstić information content (AvgIpc) is 1.69. The first-order chi connectivity index (χ1) is 43.2. The highest BCUT2D eigenvalue weighted by molar-refractivity contribution is 6.34. The maximum Gasteiger partial charge on any atom is 0.266 e. The van der Waals surface area contributed by atoms with Crippen LogP contribution in [0.4, 0.5) is 5.69 Å². The molecule has 0 spiro atoms. The minimum Gasteiger partial charge on any atom is -0.457 e. The molecule has 0 saturated heterocycles. The molecule has 0 saturated carbocycles. The van der Waals surface area contributed by atoms with Crippen molar-refractivity contribution in [1.82, 2.24) is 4.90 Å². The molecule has 4 aliphatic rings. The van der Waals surface area contributed by atoms with E-state index in [0.29, 0.717) is 45.4 Å². The zero-order chi connectivity index (χ0) is 60.7. The van der Waals surface area contributed by atoms with E-state index in [1.165, 1.54) is 59.9 Å². The lowest BCUT2D eigenvalue weighted by molar-refractivity contribution is 0.0608. The molecule has 2 aliphatic carbocycles. The van der Waals surface area contributed by atoms with Crippen molar-refractivity contribution in [3.63, 3.8) is 0 Å². The van der Waals surface area contributed by atoms with Gasteiger partial charge < -0.3 is 9.47 Å². The predicted molar refractivity (Wildman–Crippen MR) is 351 cm³/mol. The Labute approximate surface area is 515 Å². The number of imide groups is 2. The number of hydrogen-bond donors (Lipinski definition) is 0. The minimum absolute atomic E-state index is 0.0149. The largest absolute Gasteiger partial charge is 0.457 e. The third-order valence-corrected chi connectivity index (χ3v) is 18.9. The summed E-state index contributed by atoms with van der Waals surface area (Å²) < 4.78 is 12.9. The third-order valence-electron chi connectivity index (χ3n) is 18.9. The van der Waals surface area contributed by atoms with Crippen LogP contribution < -0.4 is 14.4 Å². The molecule has 0 atom stereocenters. The Hall–Kier alpha value is -11.0. The van der Waals surface area contributed by atoms with Crippen LogP contribution in [0, 0.1) is 0 Å². The summed E-state index contributed by atoms with van der Waals surface area (Å²) in [6.07, 6.45) is 0. The van der Waals surface area contributed by atoms with E-state index < -0.39 is 16.7 Å². The Balaban J connectivity index is 0.691. The summed E-state index contributed by atoms with van der Waals surface area (Å²) in [4.78, 5) is 57.6. The minimum atomic E-state index is -0.683. The van der Waals surface area contributed by atoms with Crippen LogP contribution in [0.3, 0.4) is 0 Å². The molecule has 12 aromatic rings. The molecule has 8 heteroatoms. The number of carbonyl (C=O) groups is 4. The molecule has 0 unspecified atom stereocenters. The molecule has 89 heavy (non-hydrogen) atoms. The molecular formula is C81H58N2O6. The zero-order valence-electron chi connectivity index (χ0n) is 49.7. The molecular weight excluding hydrogens is 1100 g/mol. The normalized spacial score (nSPS) is 14.9. The second-order valence-corrected chi connectivity index (χ2v) is 25.1. The maximum absolute atomic E-state index is 14.5. The number of amides is 4. The lowest BCUT2D eigenvalue weighted by atomic mass is 9.67. The van der Waals surface area contributed by atoms with Gasteiger partial charge in [-0.2, -0.15) is 0 Å². The van der Waals surface area contributed by atoms with E-state index >= 15 is 0 Å². The Morgan fingerprint density at radius 1 is 0.326 bits per heavy atom. The molecule has 16 rings (SSSR count). The maximum atomic E-state index is 14.5. The number of anilines is 1. The summed E-state index contributed by atoms with van der Waals surface area (Å²) >= 11 is 0. The molecule has 12 aromatic carbocycles. The smallest absolute Gasteiger partial charge is 0.266 e. The van der Waals surface area contributed by atoms with Gasteiger partial charge in [-0.15, -0.1) is 0 Å². The standard InChI is InChI=1S/C81H58N2O6/c1-48(2)82-75(84)67-40-38-61(46-69(67)77(82)86)88-59-36-24-49-42-56(26-22-51(49)44-59)81(73-20-12-8-16-65(73)66-17-9-13-21-74(66)81)57-27-23-52-45-60(37-25-50(52)43-57)89-62-39-41-68-70(47-62)78(87)83(76(68)85)58-34-32-55(33-35-58)80(54-30-28-53(29-31-54)79(3,4)5)71-18-10-6-14-63(71)64-15-7-11-19-72(64)80/h6-48H,1-5H3. The number of carbonyl (C=O) groups excluding carboxylic acids is 4. The van der Waals surface area contributed by atoms with Crippen molar-refractivity contribution in [3.8, 4) is 45.3 Å². The van der Waals surface area contributed by atoms with Gasteiger partial charge in [-0.25, -0.2) is 4.90 Å². The second kappa shape index (κ2) is 19.8. The number of nitrogens with zero attached hydrogens (tertiary/aromatic N) is 2. The van der Waals surface area contributed by atoms with Crippen LogP contribution in [0.5, 0.6) is 23.0 Å². The lowest BCUT2D eigenvalue weighted by Crippen LogP contribution is -2.35. The van der Waals surface area contributed by atoms with Gasteiger partial charge in [0.05, 0.1) is 38.8 Å². The van der Waals surface area contributed by atoms with Crippen molar-refractivity contribution in [1.29, 1.82) is 0 Å². The molecule has 4 amide bonds. The molecule has 0 fully saturated rings. The SMILES string of the molecule is CC(C)N1C(=O)c2ccc(Oc3ccc4cc(C5(c6ccc7cc(Oc8ccc9c(c8)C(=O)N(c8ccc(C%10(c%11ccc(C(C)(C)C)cc%11)c%11ccccc%11-c%11ccccc%11%10)cc8)C9=O)ccc7c6)c6ccccc6-c6ccccc65)ccc4c3)cc2C1=O. The van der Waals surface area contributed by atoms with Gasteiger partial charge in [-0.1, -0.05) is 191 Å². The fourth-order valence-corrected chi connectivity index (χ4v) is 14.7. The van der Waals surface area contributed by atoms with Gasteiger partial charge in [0, 0.05) is 6.04 Å². The lowest BCUT2D eigenvalue weighted by Gasteiger charge is -2.34. The van der Waals surface area contributed by atoms with Crippen molar-refractivity contribution in [2.75, 3.05) is 4.90 Å². The quantitative estimate of drug-likeness (QED) is 0.127. The molecule has 428 valence electrons. The summed E-state index contributed by atoms with van der Waals surface area (Å²) in [5, 5.41) is 4.01. The van der Waals surface area contributed by atoms with E-state index in [0.717, 1.165) is 43.8 Å². The summed E-state index contributed by atoms with van der Waals surface area (Å²) in [7, 11) is 0. The van der Waals surface area contributed by atoms with E-state index in [1.54, 1.807) is 36.4 Å². The highest BCUT2D eigenvalue weighted by Gasteiger charge is 2.48. The Morgan fingerprint density at radius 3 is 1.11 bits per heavy atom. The van der Waals surface area contributed by atoms with Crippen LogP contribution in [0.2, 0.25) is 0 Å². The Bertz CT molecular complexity index is 4940. The predicted octanol–water partition coefficient (Wildman–Crippen LogP) is 18.4. The van der Waals surface area contributed by atoms with E-state index in [9.17, 15) is 19.2 Å². The van der Waals surface area contributed by atoms with Crippen molar-refractivity contribution in [2.45, 2.75) is 56.9 Å². The summed E-state index contributed by atoms with van der Waals surface area (Å²) in [5.74, 6) is 0.744. The summed E-state index contributed by atoms with van der Waals surface area (Å²) in [5.41, 5.74) is 15.6. The van der Waals surface area contributed by atoms with Crippen LogP contribution in [0.1, 0.15) is 126 Å². The molecule has 2 aliphatic heterocycles. The number of fused-ring (bicyclic) bond motifs is 10. The van der Waals surface area contributed by atoms with Crippen LogP contribution in [0.25, 0.3) is 43.8 Å².